The molecule has 0 saturated carbocycles. The Morgan fingerprint density at radius 3 is 2.32 bits per heavy atom. The number of carboxylic acids is 1. The van der Waals surface area contributed by atoms with Crippen molar-refractivity contribution in [3.05, 3.63) is 30.0 Å². The number of rotatable bonds is 4. The highest BCUT2D eigenvalue weighted by Gasteiger charge is 2.22. The third kappa shape index (κ3) is 2.81. The van der Waals surface area contributed by atoms with E-state index in [1.165, 1.54) is 0 Å². The first-order valence-electron chi connectivity index (χ1n) is 6.21. The van der Waals surface area contributed by atoms with Gasteiger partial charge in [-0.2, -0.15) is 0 Å². The van der Waals surface area contributed by atoms with E-state index in [-0.39, 0.29) is 5.92 Å². The number of nitrogens with zero attached hydrogens (tertiary/aromatic N) is 2. The molecule has 1 unspecified atom stereocenters. The maximum Gasteiger partial charge on any atom is 0.326 e. The summed E-state index contributed by atoms with van der Waals surface area (Å²) >= 11 is 0. The number of aromatic nitrogens is 2. The molecule has 0 aliphatic carbocycles. The summed E-state index contributed by atoms with van der Waals surface area (Å²) in [7, 11) is 0. The number of fused-ring (bicyclic) bond motifs is 1. The monoisotopic (exact) mass is 259 g/mol. The molecule has 0 spiro atoms. The van der Waals surface area contributed by atoms with Crippen molar-refractivity contribution in [3.63, 3.8) is 0 Å². The van der Waals surface area contributed by atoms with Gasteiger partial charge in [-0.1, -0.05) is 26.0 Å². The van der Waals surface area contributed by atoms with E-state index < -0.39 is 12.0 Å². The number of aryl methyl sites for hydroxylation is 1. The lowest BCUT2D eigenvalue weighted by atomic mass is 10.0. The molecule has 0 amide bonds. The quantitative estimate of drug-likeness (QED) is 0.882. The van der Waals surface area contributed by atoms with Crippen LogP contribution in [-0.2, 0) is 4.79 Å². The van der Waals surface area contributed by atoms with E-state index in [2.05, 4.69) is 15.3 Å². The van der Waals surface area contributed by atoms with Crippen LogP contribution < -0.4 is 5.32 Å². The highest BCUT2D eigenvalue weighted by Crippen LogP contribution is 2.18. The molecule has 2 aromatic rings. The molecule has 0 saturated heterocycles. The van der Waals surface area contributed by atoms with Crippen molar-refractivity contribution in [1.82, 2.24) is 9.97 Å². The van der Waals surface area contributed by atoms with Crippen LogP contribution in [0.4, 0.5) is 5.82 Å². The molecule has 2 N–H and O–H groups in total. The lowest BCUT2D eigenvalue weighted by molar-refractivity contribution is -0.138. The first-order chi connectivity index (χ1) is 8.99. The maximum atomic E-state index is 11.2. The minimum absolute atomic E-state index is 0.0369. The molecule has 0 fully saturated rings. The highest BCUT2D eigenvalue weighted by atomic mass is 16.4. The molecule has 1 aromatic heterocycles. The van der Waals surface area contributed by atoms with E-state index in [9.17, 15) is 9.90 Å². The van der Waals surface area contributed by atoms with E-state index in [4.69, 9.17) is 0 Å². The molecule has 0 radical (unpaired) electrons. The van der Waals surface area contributed by atoms with E-state index in [0.29, 0.717) is 11.5 Å². The van der Waals surface area contributed by atoms with Crippen LogP contribution in [-0.4, -0.2) is 27.1 Å². The first kappa shape index (κ1) is 13.3. The van der Waals surface area contributed by atoms with Crippen LogP contribution in [0.2, 0.25) is 0 Å². The molecule has 5 nitrogen and oxygen atoms in total. The second-order valence-electron chi connectivity index (χ2n) is 4.85. The lowest BCUT2D eigenvalue weighted by Gasteiger charge is -2.19. The van der Waals surface area contributed by atoms with Crippen LogP contribution in [0.25, 0.3) is 11.0 Å². The van der Waals surface area contributed by atoms with Gasteiger partial charge in [0.25, 0.3) is 0 Å². The minimum Gasteiger partial charge on any atom is -0.480 e. The fourth-order valence-electron chi connectivity index (χ4n) is 1.89. The number of carbonyl (C=O) groups is 1. The van der Waals surface area contributed by atoms with Crippen LogP contribution in [0, 0.1) is 12.8 Å². The van der Waals surface area contributed by atoms with Crippen LogP contribution >= 0.6 is 0 Å². The summed E-state index contributed by atoms with van der Waals surface area (Å²) in [4.78, 5) is 20.1. The number of carboxylic acid groups (broad SMARTS) is 1. The molecule has 100 valence electrons. The minimum atomic E-state index is -0.885. The Balaban J connectivity index is 2.39. The van der Waals surface area contributed by atoms with Crippen molar-refractivity contribution in [2.24, 2.45) is 5.92 Å². The summed E-state index contributed by atoms with van der Waals surface area (Å²) in [5.41, 5.74) is 2.26. The van der Waals surface area contributed by atoms with Crippen LogP contribution in [0.5, 0.6) is 0 Å². The van der Waals surface area contributed by atoms with Crippen LogP contribution in [0.15, 0.2) is 24.3 Å². The summed E-state index contributed by atoms with van der Waals surface area (Å²) in [6.45, 7) is 5.53. The summed E-state index contributed by atoms with van der Waals surface area (Å²) in [6, 6.07) is 6.86. The molecular weight excluding hydrogens is 242 g/mol. The Labute approximate surface area is 111 Å². The second-order valence-corrected chi connectivity index (χ2v) is 4.85. The smallest absolute Gasteiger partial charge is 0.326 e. The molecule has 1 atom stereocenters. The van der Waals surface area contributed by atoms with Gasteiger partial charge in [0.05, 0.1) is 16.7 Å². The molecule has 19 heavy (non-hydrogen) atoms. The van der Waals surface area contributed by atoms with Gasteiger partial charge in [-0.15, -0.1) is 0 Å². The second kappa shape index (κ2) is 5.22. The lowest BCUT2D eigenvalue weighted by Crippen LogP contribution is -2.35. The van der Waals surface area contributed by atoms with E-state index in [0.717, 1.165) is 11.0 Å². The van der Waals surface area contributed by atoms with Gasteiger partial charge in [-0.25, -0.2) is 14.8 Å². The average Bonchev–Trinajstić information content (AvgIpc) is 2.35. The van der Waals surface area contributed by atoms with Gasteiger partial charge in [0.2, 0.25) is 0 Å². The summed E-state index contributed by atoms with van der Waals surface area (Å²) in [5, 5.41) is 12.2. The summed E-state index contributed by atoms with van der Waals surface area (Å²) in [6.07, 6.45) is 0. The normalized spacial score (nSPS) is 12.6. The zero-order valence-electron chi connectivity index (χ0n) is 11.2. The van der Waals surface area contributed by atoms with Crippen molar-refractivity contribution in [1.29, 1.82) is 0 Å². The van der Waals surface area contributed by atoms with Crippen LogP contribution in [0.1, 0.15) is 19.5 Å². The van der Waals surface area contributed by atoms with Gasteiger partial charge >= 0.3 is 5.97 Å². The number of anilines is 1. The Bertz CT molecular complexity index is 611. The average molecular weight is 259 g/mol. The molecule has 0 bridgehead atoms. The molecule has 1 heterocycles. The fraction of sp³-hybridized carbons (Fsp3) is 0.357. The van der Waals surface area contributed by atoms with Gasteiger partial charge in [0.1, 0.15) is 11.9 Å². The van der Waals surface area contributed by atoms with Crippen molar-refractivity contribution in [3.8, 4) is 0 Å². The van der Waals surface area contributed by atoms with E-state index >= 15 is 0 Å². The Hall–Kier alpha value is -2.17. The Morgan fingerprint density at radius 2 is 1.79 bits per heavy atom. The van der Waals surface area contributed by atoms with Gasteiger partial charge in [0, 0.05) is 0 Å². The van der Waals surface area contributed by atoms with Gasteiger partial charge in [-0.3, -0.25) is 0 Å². The Morgan fingerprint density at radius 1 is 1.21 bits per heavy atom. The zero-order chi connectivity index (χ0) is 14.0. The molecule has 1 aromatic carbocycles. The van der Waals surface area contributed by atoms with Crippen LogP contribution in [0.3, 0.4) is 0 Å². The predicted octanol–water partition coefficient (Wildman–Crippen LogP) is 2.46. The third-order valence-corrected chi connectivity index (χ3v) is 2.97. The number of aliphatic carboxylic acids is 1. The summed E-state index contributed by atoms with van der Waals surface area (Å²) < 4.78 is 0. The van der Waals surface area contributed by atoms with Gasteiger partial charge in [0.15, 0.2) is 0 Å². The van der Waals surface area contributed by atoms with Gasteiger partial charge < -0.3 is 10.4 Å². The number of para-hydroxylation sites is 2. The van der Waals surface area contributed by atoms with Crippen molar-refractivity contribution in [2.75, 3.05) is 5.32 Å². The molecule has 0 aliphatic heterocycles. The molecular formula is C14H17N3O2. The summed E-state index contributed by atoms with van der Waals surface area (Å²) in [5.74, 6) is -0.394. The SMILES string of the molecule is Cc1nc2ccccc2nc1NC(C(=O)O)C(C)C. The largest absolute Gasteiger partial charge is 0.480 e. The molecule has 0 aliphatic rings. The van der Waals surface area contributed by atoms with Gasteiger partial charge in [-0.05, 0) is 25.0 Å². The highest BCUT2D eigenvalue weighted by molar-refractivity contribution is 5.80. The van der Waals surface area contributed by atoms with Crippen molar-refractivity contribution in [2.45, 2.75) is 26.8 Å². The Kier molecular flexibility index (Phi) is 3.64. The topological polar surface area (TPSA) is 75.1 Å². The number of benzene rings is 1. The zero-order valence-corrected chi connectivity index (χ0v) is 11.2. The maximum absolute atomic E-state index is 11.2. The molecule has 2 rings (SSSR count). The van der Waals surface area contributed by atoms with Crippen molar-refractivity contribution >= 4 is 22.8 Å². The number of hydrogen-bond acceptors (Lipinski definition) is 4. The fourth-order valence-corrected chi connectivity index (χ4v) is 1.89. The number of hydrogen-bond donors (Lipinski definition) is 2. The molecule has 5 heteroatoms. The standard InChI is InChI=1S/C14H17N3O2/c1-8(2)12(14(18)19)17-13-9(3)15-10-6-4-5-7-11(10)16-13/h4-8,12H,1-3H3,(H,16,17)(H,18,19). The van der Waals surface area contributed by atoms with E-state index in [1.807, 2.05) is 45.0 Å². The first-order valence-corrected chi connectivity index (χ1v) is 6.21. The third-order valence-electron chi connectivity index (χ3n) is 2.97. The van der Waals surface area contributed by atoms with Crippen molar-refractivity contribution < 1.29 is 9.90 Å². The predicted molar refractivity (Wildman–Crippen MR) is 74.2 cm³/mol. The van der Waals surface area contributed by atoms with E-state index in [1.54, 1.807) is 0 Å². The number of nitrogens with one attached hydrogen (secondary N) is 1.